The molecule has 3 nitrogen and oxygen atoms in total. The number of rotatable bonds is 6. The highest BCUT2D eigenvalue weighted by atomic mass is 79.9. The van der Waals surface area contributed by atoms with Crippen LogP contribution in [0.15, 0.2) is 22.7 Å². The first-order valence-corrected chi connectivity index (χ1v) is 7.05. The number of hydrogen-bond donors (Lipinski definition) is 2. The lowest BCUT2D eigenvalue weighted by Gasteiger charge is -2.08. The fourth-order valence-electron chi connectivity index (χ4n) is 1.65. The summed E-state index contributed by atoms with van der Waals surface area (Å²) in [5.41, 5.74) is 8.01. The van der Waals surface area contributed by atoms with Gasteiger partial charge in [-0.1, -0.05) is 28.1 Å². The fourth-order valence-corrected chi connectivity index (χ4v) is 1.89. The zero-order chi connectivity index (χ0) is 13.5. The third kappa shape index (κ3) is 7.55. The van der Waals surface area contributed by atoms with Crippen molar-refractivity contribution in [1.29, 1.82) is 0 Å². The minimum absolute atomic E-state index is 0. The number of benzene rings is 1. The summed E-state index contributed by atoms with van der Waals surface area (Å²) in [6.45, 7) is 4.66. The maximum absolute atomic E-state index is 11.6. The number of aryl methyl sites for hydroxylation is 2. The van der Waals surface area contributed by atoms with E-state index in [1.807, 2.05) is 19.1 Å². The topological polar surface area (TPSA) is 55.1 Å². The van der Waals surface area contributed by atoms with E-state index in [9.17, 15) is 4.79 Å². The van der Waals surface area contributed by atoms with E-state index < -0.39 is 0 Å². The van der Waals surface area contributed by atoms with Gasteiger partial charge in [-0.05, 0) is 43.9 Å². The molecule has 0 saturated carbocycles. The molecule has 1 unspecified atom stereocenters. The molecule has 1 amide bonds. The average molecular weight is 350 g/mol. The Morgan fingerprint density at radius 2 is 2.16 bits per heavy atom. The molecule has 0 aromatic heterocycles. The largest absolute Gasteiger partial charge is 0.356 e. The minimum Gasteiger partial charge on any atom is -0.356 e. The van der Waals surface area contributed by atoms with Crippen LogP contribution in [0.5, 0.6) is 0 Å². The molecule has 5 heteroatoms. The van der Waals surface area contributed by atoms with Gasteiger partial charge >= 0.3 is 0 Å². The second-order valence-corrected chi connectivity index (χ2v) is 5.55. The van der Waals surface area contributed by atoms with Gasteiger partial charge in [-0.15, -0.1) is 12.4 Å². The molecular weight excluding hydrogens is 328 g/mol. The van der Waals surface area contributed by atoms with Gasteiger partial charge < -0.3 is 11.1 Å². The highest BCUT2D eigenvalue weighted by Crippen LogP contribution is 2.17. The standard InChI is InChI=1S/C14H21BrN2O.ClH/c1-10-9-12(3-5-13(10)15)4-6-14(18)17-8-7-11(2)16;/h3,5,9,11H,4,6-8,16H2,1-2H3,(H,17,18);1H. The summed E-state index contributed by atoms with van der Waals surface area (Å²) < 4.78 is 1.10. The minimum atomic E-state index is 0. The molecule has 19 heavy (non-hydrogen) atoms. The molecule has 0 bridgehead atoms. The molecule has 1 aromatic carbocycles. The number of nitrogens with one attached hydrogen (secondary N) is 1. The lowest BCUT2D eigenvalue weighted by atomic mass is 10.1. The molecule has 108 valence electrons. The molecule has 0 spiro atoms. The van der Waals surface area contributed by atoms with Gasteiger partial charge in [0, 0.05) is 23.5 Å². The van der Waals surface area contributed by atoms with E-state index in [0.717, 1.165) is 17.3 Å². The van der Waals surface area contributed by atoms with Crippen molar-refractivity contribution in [1.82, 2.24) is 5.32 Å². The van der Waals surface area contributed by atoms with E-state index in [4.69, 9.17) is 5.73 Å². The van der Waals surface area contributed by atoms with Gasteiger partial charge in [0.05, 0.1) is 0 Å². The van der Waals surface area contributed by atoms with Gasteiger partial charge in [-0.3, -0.25) is 4.79 Å². The van der Waals surface area contributed by atoms with Crippen molar-refractivity contribution in [3.05, 3.63) is 33.8 Å². The Hall–Kier alpha value is -0.580. The zero-order valence-corrected chi connectivity index (χ0v) is 13.8. The monoisotopic (exact) mass is 348 g/mol. The highest BCUT2D eigenvalue weighted by molar-refractivity contribution is 9.10. The van der Waals surface area contributed by atoms with Crippen LogP contribution in [0.2, 0.25) is 0 Å². The van der Waals surface area contributed by atoms with E-state index in [-0.39, 0.29) is 24.4 Å². The molecule has 1 atom stereocenters. The summed E-state index contributed by atoms with van der Waals surface area (Å²) in [6.07, 6.45) is 2.13. The Kier molecular flexibility index (Phi) is 9.06. The molecule has 1 aromatic rings. The van der Waals surface area contributed by atoms with Crippen molar-refractivity contribution >= 4 is 34.2 Å². The van der Waals surface area contributed by atoms with Crippen LogP contribution in [-0.4, -0.2) is 18.5 Å². The van der Waals surface area contributed by atoms with Crippen LogP contribution < -0.4 is 11.1 Å². The fraction of sp³-hybridized carbons (Fsp3) is 0.500. The number of hydrogen-bond acceptors (Lipinski definition) is 2. The van der Waals surface area contributed by atoms with Crippen LogP contribution in [-0.2, 0) is 11.2 Å². The number of carbonyl (C=O) groups excluding carboxylic acids is 1. The second-order valence-electron chi connectivity index (χ2n) is 4.70. The molecule has 0 aliphatic rings. The van der Waals surface area contributed by atoms with E-state index in [1.54, 1.807) is 0 Å². The van der Waals surface area contributed by atoms with Gasteiger partial charge in [0.15, 0.2) is 0 Å². The van der Waals surface area contributed by atoms with Gasteiger partial charge in [-0.2, -0.15) is 0 Å². The predicted molar refractivity (Wildman–Crippen MR) is 85.7 cm³/mol. The second kappa shape index (κ2) is 9.34. The Labute approximate surface area is 129 Å². The predicted octanol–water partition coefficient (Wildman–Crippen LogP) is 2.97. The van der Waals surface area contributed by atoms with Gasteiger partial charge in [0.1, 0.15) is 0 Å². The summed E-state index contributed by atoms with van der Waals surface area (Å²) in [4.78, 5) is 11.6. The molecule has 0 aliphatic heterocycles. The van der Waals surface area contributed by atoms with E-state index in [0.29, 0.717) is 13.0 Å². The third-order valence-corrected chi connectivity index (χ3v) is 3.67. The summed E-state index contributed by atoms with van der Waals surface area (Å²) in [7, 11) is 0. The van der Waals surface area contributed by atoms with Crippen molar-refractivity contribution in [2.45, 2.75) is 39.2 Å². The summed E-state index contributed by atoms with van der Waals surface area (Å²) >= 11 is 3.47. The lowest BCUT2D eigenvalue weighted by molar-refractivity contribution is -0.121. The van der Waals surface area contributed by atoms with Crippen LogP contribution in [0.25, 0.3) is 0 Å². The zero-order valence-electron chi connectivity index (χ0n) is 11.4. The molecule has 0 fully saturated rings. The van der Waals surface area contributed by atoms with Crippen LogP contribution in [0, 0.1) is 6.92 Å². The van der Waals surface area contributed by atoms with Gasteiger partial charge in [-0.25, -0.2) is 0 Å². The number of halogens is 2. The van der Waals surface area contributed by atoms with Crippen molar-refractivity contribution in [3.8, 4) is 0 Å². The smallest absolute Gasteiger partial charge is 0.220 e. The van der Waals surface area contributed by atoms with Crippen LogP contribution in [0.3, 0.4) is 0 Å². The quantitative estimate of drug-likeness (QED) is 0.829. The number of carbonyl (C=O) groups is 1. The molecule has 0 saturated heterocycles. The van der Waals surface area contributed by atoms with Crippen LogP contribution >= 0.6 is 28.3 Å². The van der Waals surface area contributed by atoms with E-state index in [1.165, 1.54) is 11.1 Å². The molecule has 1 rings (SSSR count). The molecular formula is C14H22BrClN2O. The Morgan fingerprint density at radius 1 is 1.47 bits per heavy atom. The molecule has 0 aliphatic carbocycles. The van der Waals surface area contributed by atoms with Gasteiger partial charge in [0.2, 0.25) is 5.91 Å². The Bertz CT molecular complexity index is 410. The summed E-state index contributed by atoms with van der Waals surface area (Å²) in [5.74, 6) is 0.0937. The van der Waals surface area contributed by atoms with Crippen molar-refractivity contribution < 1.29 is 4.79 Å². The molecule has 0 radical (unpaired) electrons. The van der Waals surface area contributed by atoms with Crippen molar-refractivity contribution in [2.24, 2.45) is 5.73 Å². The first-order valence-electron chi connectivity index (χ1n) is 6.26. The SMILES string of the molecule is Cc1cc(CCC(=O)NCCC(C)N)ccc1Br.Cl. The van der Waals surface area contributed by atoms with Crippen LogP contribution in [0.4, 0.5) is 0 Å². The molecule has 3 N–H and O–H groups in total. The van der Waals surface area contributed by atoms with Crippen molar-refractivity contribution in [2.75, 3.05) is 6.54 Å². The summed E-state index contributed by atoms with van der Waals surface area (Å²) in [6, 6.07) is 6.32. The van der Waals surface area contributed by atoms with Crippen LogP contribution in [0.1, 0.15) is 30.9 Å². The summed E-state index contributed by atoms with van der Waals surface area (Å²) in [5, 5.41) is 2.88. The van der Waals surface area contributed by atoms with Gasteiger partial charge in [0.25, 0.3) is 0 Å². The average Bonchev–Trinajstić information content (AvgIpc) is 2.30. The maximum Gasteiger partial charge on any atom is 0.220 e. The first kappa shape index (κ1) is 18.4. The van der Waals surface area contributed by atoms with Crippen molar-refractivity contribution in [3.63, 3.8) is 0 Å². The Balaban J connectivity index is 0.00000324. The lowest BCUT2D eigenvalue weighted by Crippen LogP contribution is -2.29. The van der Waals surface area contributed by atoms with E-state index in [2.05, 4.69) is 34.2 Å². The number of amides is 1. The normalized spacial score (nSPS) is 11.6. The Morgan fingerprint density at radius 3 is 2.74 bits per heavy atom. The third-order valence-electron chi connectivity index (χ3n) is 2.78. The number of nitrogens with two attached hydrogens (primary N) is 1. The first-order chi connectivity index (χ1) is 8.49. The molecule has 0 heterocycles. The van der Waals surface area contributed by atoms with E-state index >= 15 is 0 Å². The maximum atomic E-state index is 11.6. The highest BCUT2D eigenvalue weighted by Gasteiger charge is 2.03.